The SMILES string of the molecule is Cn1ccnc1-c1ccc(N=C(c2ccc(CCN3CCCC3=O)cc2)C2C(=O)Nc3ccc([N+](=O)[O-])cc32)cc1. The molecule has 1 N–H and O–H groups in total. The van der Waals surface area contributed by atoms with Gasteiger partial charge >= 0.3 is 0 Å². The number of likely N-dealkylation sites (tertiary alicyclic amines) is 1. The molecule has 0 radical (unpaired) electrons. The number of nitro benzene ring substituents is 1. The summed E-state index contributed by atoms with van der Waals surface area (Å²) in [5.41, 5.74) is 4.83. The Labute approximate surface area is 236 Å². The van der Waals surface area contributed by atoms with E-state index in [0.29, 0.717) is 35.6 Å². The van der Waals surface area contributed by atoms with E-state index in [2.05, 4.69) is 10.3 Å². The number of aromatic nitrogens is 2. The number of carbonyl (C=O) groups is 2. The van der Waals surface area contributed by atoms with Crippen molar-refractivity contribution in [3.63, 3.8) is 0 Å². The molecule has 6 rings (SSSR count). The van der Waals surface area contributed by atoms with E-state index in [0.717, 1.165) is 41.9 Å². The lowest BCUT2D eigenvalue weighted by molar-refractivity contribution is -0.384. The number of amides is 2. The highest BCUT2D eigenvalue weighted by Crippen LogP contribution is 2.38. The van der Waals surface area contributed by atoms with E-state index in [1.807, 2.05) is 71.2 Å². The molecule has 3 heterocycles. The number of anilines is 1. The molecule has 0 bridgehead atoms. The lowest BCUT2D eigenvalue weighted by atomic mass is 9.90. The molecule has 10 nitrogen and oxygen atoms in total. The number of non-ortho nitro benzene ring substituents is 1. The van der Waals surface area contributed by atoms with E-state index in [1.54, 1.807) is 12.3 Å². The van der Waals surface area contributed by atoms with Gasteiger partial charge in [-0.3, -0.25) is 24.7 Å². The van der Waals surface area contributed by atoms with Crippen LogP contribution in [0.2, 0.25) is 0 Å². The van der Waals surface area contributed by atoms with Gasteiger partial charge in [0.05, 0.1) is 16.3 Å². The summed E-state index contributed by atoms with van der Waals surface area (Å²) in [6, 6.07) is 19.8. The second-order valence-corrected chi connectivity index (χ2v) is 10.3. The first-order chi connectivity index (χ1) is 19.9. The second-order valence-electron chi connectivity index (χ2n) is 10.3. The molecule has 41 heavy (non-hydrogen) atoms. The van der Waals surface area contributed by atoms with Gasteiger partial charge in [0, 0.05) is 67.9 Å². The molecule has 0 spiro atoms. The highest BCUT2D eigenvalue weighted by molar-refractivity contribution is 6.24. The van der Waals surface area contributed by atoms with Gasteiger partial charge < -0.3 is 14.8 Å². The number of nitro groups is 1. The van der Waals surface area contributed by atoms with Gasteiger partial charge in [0.25, 0.3) is 5.69 Å². The third-order valence-corrected chi connectivity index (χ3v) is 7.64. The predicted molar refractivity (Wildman–Crippen MR) is 155 cm³/mol. The number of hydrogen-bond acceptors (Lipinski definition) is 6. The number of imidazole rings is 1. The first-order valence-corrected chi connectivity index (χ1v) is 13.5. The fourth-order valence-electron chi connectivity index (χ4n) is 5.44. The highest BCUT2D eigenvalue weighted by atomic mass is 16.6. The molecule has 3 aromatic carbocycles. The maximum absolute atomic E-state index is 13.3. The lowest BCUT2D eigenvalue weighted by Gasteiger charge is -2.16. The van der Waals surface area contributed by atoms with Crippen LogP contribution in [-0.2, 0) is 23.1 Å². The van der Waals surface area contributed by atoms with Crippen LogP contribution in [0.25, 0.3) is 11.4 Å². The number of fused-ring (bicyclic) bond motifs is 1. The van der Waals surface area contributed by atoms with Gasteiger partial charge in [0.2, 0.25) is 11.8 Å². The van der Waals surface area contributed by atoms with Crippen molar-refractivity contribution >= 4 is 34.6 Å². The minimum Gasteiger partial charge on any atom is -0.342 e. The Balaban J connectivity index is 1.36. The van der Waals surface area contributed by atoms with E-state index >= 15 is 0 Å². The maximum Gasteiger partial charge on any atom is 0.269 e. The number of rotatable bonds is 8. The summed E-state index contributed by atoms with van der Waals surface area (Å²) in [4.78, 5) is 47.6. The predicted octanol–water partition coefficient (Wildman–Crippen LogP) is 5.02. The van der Waals surface area contributed by atoms with Crippen LogP contribution in [-0.4, -0.2) is 50.0 Å². The van der Waals surface area contributed by atoms with E-state index in [-0.39, 0.29) is 17.5 Å². The Morgan fingerprint density at radius 1 is 1.10 bits per heavy atom. The van der Waals surface area contributed by atoms with Crippen LogP contribution in [0, 0.1) is 10.1 Å². The highest BCUT2D eigenvalue weighted by Gasteiger charge is 2.36. The Bertz CT molecular complexity index is 1670. The summed E-state index contributed by atoms with van der Waals surface area (Å²) in [6.07, 6.45) is 5.86. The Morgan fingerprint density at radius 2 is 1.88 bits per heavy atom. The third kappa shape index (κ3) is 5.23. The quantitative estimate of drug-likeness (QED) is 0.188. The van der Waals surface area contributed by atoms with Crippen molar-refractivity contribution in [2.24, 2.45) is 12.0 Å². The molecule has 1 aromatic heterocycles. The first kappa shape index (κ1) is 26.1. The van der Waals surface area contributed by atoms with Crippen molar-refractivity contribution in [1.29, 1.82) is 0 Å². The number of nitrogens with one attached hydrogen (secondary N) is 1. The molecule has 0 saturated carbocycles. The zero-order valence-corrected chi connectivity index (χ0v) is 22.5. The number of benzene rings is 3. The second kappa shape index (κ2) is 10.8. The molecule has 4 aromatic rings. The Kier molecular flexibility index (Phi) is 6.88. The minimum atomic E-state index is -0.827. The van der Waals surface area contributed by atoms with E-state index in [4.69, 9.17) is 4.99 Å². The standard InChI is InChI=1S/C31H28N6O4/c1-35-18-15-32-30(35)22-8-10-23(11-9-22)33-29(28-25-19-24(37(40)41)12-13-26(25)34-31(28)39)21-6-4-20(5-7-21)14-17-36-16-2-3-27(36)38/h4-13,15,18-19,28H,2-3,14,16-17H2,1H3,(H,34,39). The number of hydrogen-bond donors (Lipinski definition) is 1. The van der Waals surface area contributed by atoms with Crippen LogP contribution in [0.4, 0.5) is 17.1 Å². The van der Waals surface area contributed by atoms with Gasteiger partial charge in [-0.1, -0.05) is 24.3 Å². The molecular formula is C31H28N6O4. The van der Waals surface area contributed by atoms with E-state index < -0.39 is 10.8 Å². The lowest BCUT2D eigenvalue weighted by Crippen LogP contribution is -2.26. The van der Waals surface area contributed by atoms with Crippen molar-refractivity contribution in [3.8, 4) is 11.4 Å². The topological polar surface area (TPSA) is 123 Å². The number of carbonyl (C=O) groups excluding carboxylic acids is 2. The largest absolute Gasteiger partial charge is 0.342 e. The molecular weight excluding hydrogens is 520 g/mol. The summed E-state index contributed by atoms with van der Waals surface area (Å²) in [6.45, 7) is 1.47. The molecule has 1 atom stereocenters. The summed E-state index contributed by atoms with van der Waals surface area (Å²) < 4.78 is 1.93. The van der Waals surface area contributed by atoms with Crippen LogP contribution in [0.3, 0.4) is 0 Å². The van der Waals surface area contributed by atoms with Crippen LogP contribution in [0.5, 0.6) is 0 Å². The number of nitrogens with zero attached hydrogens (tertiary/aromatic N) is 5. The third-order valence-electron chi connectivity index (χ3n) is 7.64. The normalized spacial score (nSPS) is 16.7. The molecule has 0 aliphatic carbocycles. The van der Waals surface area contributed by atoms with Gasteiger partial charge in [0.15, 0.2) is 0 Å². The fraction of sp³-hybridized carbons (Fsp3) is 0.226. The molecule has 2 aliphatic rings. The van der Waals surface area contributed by atoms with Crippen molar-refractivity contribution in [2.45, 2.75) is 25.2 Å². The smallest absolute Gasteiger partial charge is 0.269 e. The summed E-state index contributed by atoms with van der Waals surface area (Å²) in [5, 5.41) is 14.4. The van der Waals surface area contributed by atoms with E-state index in [1.165, 1.54) is 12.1 Å². The van der Waals surface area contributed by atoms with Crippen molar-refractivity contribution in [1.82, 2.24) is 14.5 Å². The maximum atomic E-state index is 13.3. The first-order valence-electron chi connectivity index (χ1n) is 13.5. The van der Waals surface area contributed by atoms with Crippen LogP contribution in [0.15, 0.2) is 84.1 Å². The Morgan fingerprint density at radius 3 is 2.54 bits per heavy atom. The van der Waals surface area contributed by atoms with Gasteiger partial charge in [-0.2, -0.15) is 0 Å². The molecule has 2 amide bonds. The van der Waals surface area contributed by atoms with E-state index in [9.17, 15) is 19.7 Å². The van der Waals surface area contributed by atoms with Crippen molar-refractivity contribution < 1.29 is 14.5 Å². The average molecular weight is 549 g/mol. The zero-order valence-electron chi connectivity index (χ0n) is 22.5. The van der Waals surface area contributed by atoms with Crippen molar-refractivity contribution in [2.75, 3.05) is 18.4 Å². The molecule has 206 valence electrons. The summed E-state index contributed by atoms with van der Waals surface area (Å²) >= 11 is 0. The van der Waals surface area contributed by atoms with Crippen molar-refractivity contribution in [3.05, 3.63) is 106 Å². The number of aliphatic imine (C=N–C) groups is 1. The van der Waals surface area contributed by atoms with Crippen LogP contribution >= 0.6 is 0 Å². The molecule has 1 fully saturated rings. The van der Waals surface area contributed by atoms with Crippen LogP contribution in [0.1, 0.15) is 35.4 Å². The summed E-state index contributed by atoms with van der Waals surface area (Å²) in [7, 11) is 1.93. The summed E-state index contributed by atoms with van der Waals surface area (Å²) in [5.74, 6) is -0.0963. The fourth-order valence-corrected chi connectivity index (χ4v) is 5.44. The van der Waals surface area contributed by atoms with Gasteiger partial charge in [0.1, 0.15) is 11.7 Å². The molecule has 1 saturated heterocycles. The molecule has 1 unspecified atom stereocenters. The van der Waals surface area contributed by atoms with Gasteiger partial charge in [-0.05, 0) is 54.3 Å². The van der Waals surface area contributed by atoms with Gasteiger partial charge in [-0.15, -0.1) is 0 Å². The molecule has 2 aliphatic heterocycles. The average Bonchev–Trinajstić information content (AvgIpc) is 3.68. The zero-order chi connectivity index (χ0) is 28.5. The van der Waals surface area contributed by atoms with Gasteiger partial charge in [-0.25, -0.2) is 4.98 Å². The monoisotopic (exact) mass is 548 g/mol. The Hall–Kier alpha value is -5.12. The number of aryl methyl sites for hydroxylation is 1. The minimum absolute atomic E-state index is 0.0872. The van der Waals surface area contributed by atoms with Crippen LogP contribution < -0.4 is 5.32 Å². The molecule has 10 heteroatoms.